The van der Waals surface area contributed by atoms with Gasteiger partial charge in [-0.2, -0.15) is 0 Å². The molecular formula is C11H9BrO2. The summed E-state index contributed by atoms with van der Waals surface area (Å²) in [5, 5.41) is 1.18. The zero-order valence-corrected chi connectivity index (χ0v) is 9.30. The highest BCUT2D eigenvalue weighted by Gasteiger charge is 2.08. The molecule has 72 valence electrons. The second-order valence-corrected chi connectivity index (χ2v) is 3.66. The minimum atomic E-state index is 0.0567. The summed E-state index contributed by atoms with van der Waals surface area (Å²) in [7, 11) is 0. The Morgan fingerprint density at radius 2 is 2.07 bits per heavy atom. The monoisotopic (exact) mass is 252 g/mol. The van der Waals surface area contributed by atoms with Crippen LogP contribution in [0.15, 0.2) is 33.5 Å². The minimum absolute atomic E-state index is 0.0567. The molecule has 0 atom stereocenters. The number of hydrogen-bond acceptors (Lipinski definition) is 2. The molecule has 0 bridgehead atoms. The second-order valence-electron chi connectivity index (χ2n) is 3.10. The van der Waals surface area contributed by atoms with Crippen molar-refractivity contribution in [2.24, 2.45) is 0 Å². The number of para-hydroxylation sites is 1. The first kappa shape index (κ1) is 9.46. The van der Waals surface area contributed by atoms with Crippen molar-refractivity contribution in [3.05, 3.63) is 45.8 Å². The molecule has 1 aromatic heterocycles. The predicted molar refractivity (Wildman–Crippen MR) is 59.9 cm³/mol. The van der Waals surface area contributed by atoms with Gasteiger partial charge in [0.2, 0.25) is 0 Å². The van der Waals surface area contributed by atoms with Gasteiger partial charge in [-0.25, -0.2) is 0 Å². The molecule has 0 aliphatic rings. The van der Waals surface area contributed by atoms with E-state index in [9.17, 15) is 4.79 Å². The Hall–Kier alpha value is -1.09. The average molecular weight is 253 g/mol. The van der Waals surface area contributed by atoms with Crippen LogP contribution in [0.2, 0.25) is 0 Å². The maximum Gasteiger partial charge on any atom is 0.196 e. The third-order valence-corrected chi connectivity index (χ3v) is 2.79. The average Bonchev–Trinajstić information content (AvgIpc) is 2.18. The van der Waals surface area contributed by atoms with Gasteiger partial charge in [0, 0.05) is 10.9 Å². The summed E-state index contributed by atoms with van der Waals surface area (Å²) in [6.07, 6.45) is 0. The van der Waals surface area contributed by atoms with E-state index in [1.54, 1.807) is 6.07 Å². The van der Waals surface area contributed by atoms with Crippen LogP contribution in [0.3, 0.4) is 0 Å². The number of alkyl halides is 1. The van der Waals surface area contributed by atoms with Crippen LogP contribution in [-0.2, 0) is 5.33 Å². The van der Waals surface area contributed by atoms with Crippen molar-refractivity contribution < 1.29 is 4.42 Å². The molecule has 0 unspecified atom stereocenters. The second kappa shape index (κ2) is 3.58. The fourth-order valence-electron chi connectivity index (χ4n) is 1.45. The molecule has 0 saturated carbocycles. The van der Waals surface area contributed by atoms with E-state index >= 15 is 0 Å². The highest BCUT2D eigenvalue weighted by molar-refractivity contribution is 9.08. The van der Waals surface area contributed by atoms with Gasteiger partial charge >= 0.3 is 0 Å². The number of fused-ring (bicyclic) bond motifs is 1. The fourth-order valence-corrected chi connectivity index (χ4v) is 2.10. The molecule has 14 heavy (non-hydrogen) atoms. The molecule has 0 spiro atoms. The third kappa shape index (κ3) is 1.38. The van der Waals surface area contributed by atoms with Crippen LogP contribution in [-0.4, -0.2) is 0 Å². The van der Waals surface area contributed by atoms with Crippen molar-refractivity contribution in [2.75, 3.05) is 0 Å². The van der Waals surface area contributed by atoms with Crippen LogP contribution in [0.4, 0.5) is 0 Å². The summed E-state index contributed by atoms with van der Waals surface area (Å²) in [5.41, 5.74) is 1.41. The van der Waals surface area contributed by atoms with Crippen molar-refractivity contribution in [3.63, 3.8) is 0 Å². The normalized spacial score (nSPS) is 10.7. The van der Waals surface area contributed by atoms with Crippen LogP contribution < -0.4 is 5.43 Å². The molecule has 2 nitrogen and oxygen atoms in total. The molecule has 2 rings (SSSR count). The minimum Gasteiger partial charge on any atom is -0.461 e. The highest BCUT2D eigenvalue weighted by atomic mass is 79.9. The number of hydrogen-bond donors (Lipinski definition) is 0. The van der Waals surface area contributed by atoms with Gasteiger partial charge in [0.05, 0.1) is 5.39 Å². The van der Waals surface area contributed by atoms with Gasteiger partial charge in [0.25, 0.3) is 0 Å². The standard InChI is InChI=1S/C11H9BrO2/c1-7-9(6-12)11(13)8-4-2-3-5-10(8)14-7/h2-5H,6H2,1H3. The first-order valence-electron chi connectivity index (χ1n) is 4.31. The molecule has 0 radical (unpaired) electrons. The van der Waals surface area contributed by atoms with Gasteiger partial charge in [0.1, 0.15) is 11.3 Å². The summed E-state index contributed by atoms with van der Waals surface area (Å²) < 4.78 is 5.53. The van der Waals surface area contributed by atoms with E-state index in [-0.39, 0.29) is 5.43 Å². The van der Waals surface area contributed by atoms with E-state index in [1.807, 2.05) is 25.1 Å². The van der Waals surface area contributed by atoms with E-state index in [0.717, 1.165) is 0 Å². The summed E-state index contributed by atoms with van der Waals surface area (Å²) in [6, 6.07) is 7.29. The maximum atomic E-state index is 11.9. The van der Waals surface area contributed by atoms with E-state index in [2.05, 4.69) is 15.9 Å². The highest BCUT2D eigenvalue weighted by Crippen LogP contribution is 2.16. The van der Waals surface area contributed by atoms with Gasteiger partial charge in [-0.05, 0) is 19.1 Å². The lowest BCUT2D eigenvalue weighted by Crippen LogP contribution is -2.09. The molecule has 0 fully saturated rings. The molecular weight excluding hydrogens is 244 g/mol. The van der Waals surface area contributed by atoms with Crippen molar-refractivity contribution in [1.29, 1.82) is 0 Å². The molecule has 1 aromatic carbocycles. The quantitative estimate of drug-likeness (QED) is 0.731. The first-order chi connectivity index (χ1) is 6.74. The Morgan fingerprint density at radius 3 is 2.79 bits per heavy atom. The lowest BCUT2D eigenvalue weighted by atomic mass is 10.1. The van der Waals surface area contributed by atoms with E-state index in [4.69, 9.17) is 4.42 Å². The van der Waals surface area contributed by atoms with Gasteiger partial charge < -0.3 is 4.42 Å². The van der Waals surface area contributed by atoms with Crippen LogP contribution in [0.1, 0.15) is 11.3 Å². The SMILES string of the molecule is Cc1oc2ccccc2c(=O)c1CBr. The van der Waals surface area contributed by atoms with Crippen molar-refractivity contribution in [3.8, 4) is 0 Å². The molecule has 3 heteroatoms. The Kier molecular flexibility index (Phi) is 2.42. The van der Waals surface area contributed by atoms with Crippen molar-refractivity contribution in [2.45, 2.75) is 12.3 Å². The Bertz CT molecular complexity index is 528. The maximum absolute atomic E-state index is 11.9. The van der Waals surface area contributed by atoms with E-state index in [1.165, 1.54) is 0 Å². The lowest BCUT2D eigenvalue weighted by molar-refractivity contribution is 0.558. The smallest absolute Gasteiger partial charge is 0.196 e. The summed E-state index contributed by atoms with van der Waals surface area (Å²) in [6.45, 7) is 1.81. The molecule has 0 saturated heterocycles. The molecule has 1 heterocycles. The third-order valence-electron chi connectivity index (χ3n) is 2.23. The van der Waals surface area contributed by atoms with Crippen LogP contribution >= 0.6 is 15.9 Å². The lowest BCUT2D eigenvalue weighted by Gasteiger charge is -2.02. The van der Waals surface area contributed by atoms with Gasteiger partial charge in [0.15, 0.2) is 5.43 Å². The van der Waals surface area contributed by atoms with Crippen molar-refractivity contribution in [1.82, 2.24) is 0 Å². The van der Waals surface area contributed by atoms with E-state index in [0.29, 0.717) is 27.6 Å². The number of aryl methyl sites for hydroxylation is 1. The molecule has 0 aliphatic carbocycles. The molecule has 0 N–H and O–H groups in total. The largest absolute Gasteiger partial charge is 0.461 e. The van der Waals surface area contributed by atoms with Crippen LogP contribution in [0.5, 0.6) is 0 Å². The number of halogens is 1. The fraction of sp³-hybridized carbons (Fsp3) is 0.182. The van der Waals surface area contributed by atoms with Gasteiger partial charge in [-0.1, -0.05) is 28.1 Å². The summed E-state index contributed by atoms with van der Waals surface area (Å²) in [5.74, 6) is 0.686. The molecule has 2 aromatic rings. The van der Waals surface area contributed by atoms with E-state index < -0.39 is 0 Å². The Balaban J connectivity index is 2.93. The Labute approximate surface area is 89.7 Å². The topological polar surface area (TPSA) is 30.2 Å². The van der Waals surface area contributed by atoms with Crippen molar-refractivity contribution >= 4 is 26.9 Å². The molecule has 0 amide bonds. The zero-order valence-electron chi connectivity index (χ0n) is 7.71. The predicted octanol–water partition coefficient (Wildman–Crippen LogP) is 3.00. The first-order valence-corrected chi connectivity index (χ1v) is 5.43. The Morgan fingerprint density at radius 1 is 1.36 bits per heavy atom. The van der Waals surface area contributed by atoms with Gasteiger partial charge in [-0.3, -0.25) is 4.79 Å². The number of benzene rings is 1. The zero-order chi connectivity index (χ0) is 10.1. The molecule has 0 aliphatic heterocycles. The summed E-state index contributed by atoms with van der Waals surface area (Å²) in [4.78, 5) is 11.9. The van der Waals surface area contributed by atoms with Crippen LogP contribution in [0.25, 0.3) is 11.0 Å². The number of rotatable bonds is 1. The van der Waals surface area contributed by atoms with Gasteiger partial charge in [-0.15, -0.1) is 0 Å². The summed E-state index contributed by atoms with van der Waals surface area (Å²) >= 11 is 3.28. The van der Waals surface area contributed by atoms with Crippen LogP contribution in [0, 0.1) is 6.92 Å².